The van der Waals surface area contributed by atoms with Gasteiger partial charge >= 0.3 is 16.5 Å². The molecule has 0 rings (SSSR count). The van der Waals surface area contributed by atoms with Crippen molar-refractivity contribution in [1.29, 1.82) is 0 Å². The zero-order valence-corrected chi connectivity index (χ0v) is 15.6. The van der Waals surface area contributed by atoms with E-state index in [-0.39, 0.29) is 48.9 Å². The SMILES string of the molecule is CCC[SiH](C)C.CCC[SiH](C)C.[CH3-].[CH3-].[Ni+2]. The zero-order valence-electron chi connectivity index (χ0n) is 12.3. The second-order valence-corrected chi connectivity index (χ2v) is 11.1. The molecule has 0 aliphatic rings. The molecule has 0 fully saturated rings. The maximum Gasteiger partial charge on any atom is 2.00 e. The molecule has 0 aliphatic heterocycles. The van der Waals surface area contributed by atoms with E-state index in [0.29, 0.717) is 0 Å². The van der Waals surface area contributed by atoms with Gasteiger partial charge in [0.15, 0.2) is 0 Å². The van der Waals surface area contributed by atoms with Crippen molar-refractivity contribution in [2.24, 2.45) is 0 Å². The zero-order chi connectivity index (χ0) is 9.98. The van der Waals surface area contributed by atoms with E-state index in [0.717, 1.165) is 0 Å². The van der Waals surface area contributed by atoms with E-state index in [1.165, 1.54) is 24.9 Å². The summed E-state index contributed by atoms with van der Waals surface area (Å²) >= 11 is 0. The monoisotopic (exact) mass is 292 g/mol. The van der Waals surface area contributed by atoms with Crippen LogP contribution in [0.15, 0.2) is 0 Å². The predicted octanol–water partition coefficient (Wildman–Crippen LogP) is 4.66. The first-order valence-corrected chi connectivity index (χ1v) is 11.8. The van der Waals surface area contributed by atoms with Crippen molar-refractivity contribution in [1.82, 2.24) is 0 Å². The summed E-state index contributed by atoms with van der Waals surface area (Å²) < 4.78 is 0. The average Bonchev–Trinajstić information content (AvgIpc) is 1.87. The number of hydrogen-bond acceptors (Lipinski definition) is 0. The van der Waals surface area contributed by atoms with Gasteiger partial charge in [-0.2, -0.15) is 0 Å². The van der Waals surface area contributed by atoms with Crippen LogP contribution in [0.2, 0.25) is 38.3 Å². The van der Waals surface area contributed by atoms with Gasteiger partial charge in [0.25, 0.3) is 0 Å². The van der Waals surface area contributed by atoms with E-state index in [9.17, 15) is 0 Å². The summed E-state index contributed by atoms with van der Waals surface area (Å²) in [7, 11) is -0.341. The molecule has 0 atom stereocenters. The molecule has 3 heteroatoms. The van der Waals surface area contributed by atoms with Gasteiger partial charge in [0.1, 0.15) is 0 Å². The summed E-state index contributed by atoms with van der Waals surface area (Å²) in [6.07, 6.45) is 2.79. The van der Waals surface area contributed by atoms with Crippen molar-refractivity contribution in [3.8, 4) is 0 Å². The molecule has 100 valence electrons. The first kappa shape index (κ1) is 29.7. The molecule has 0 unspecified atom stereocenters. The first-order valence-electron chi connectivity index (χ1n) is 5.54. The Balaban J connectivity index is -0.0000000370. The maximum absolute atomic E-state index is 2.39. The molecule has 0 saturated carbocycles. The fourth-order valence-electron chi connectivity index (χ4n) is 1.15. The Labute approximate surface area is 114 Å². The van der Waals surface area contributed by atoms with Gasteiger partial charge in [-0.25, -0.2) is 0 Å². The van der Waals surface area contributed by atoms with Gasteiger partial charge in [-0.1, -0.05) is 65.0 Å². The van der Waals surface area contributed by atoms with Crippen LogP contribution in [-0.2, 0) is 16.5 Å². The van der Waals surface area contributed by atoms with Crippen molar-refractivity contribution < 1.29 is 16.5 Å². The molecule has 0 bridgehead atoms. The van der Waals surface area contributed by atoms with E-state index >= 15 is 0 Å². The fourth-order valence-corrected chi connectivity index (χ4v) is 3.46. The topological polar surface area (TPSA) is 0 Å². The molecule has 0 heterocycles. The van der Waals surface area contributed by atoms with E-state index in [4.69, 9.17) is 0 Å². The van der Waals surface area contributed by atoms with Crippen molar-refractivity contribution in [3.63, 3.8) is 0 Å². The van der Waals surface area contributed by atoms with Crippen molar-refractivity contribution in [3.05, 3.63) is 14.9 Å². The van der Waals surface area contributed by atoms with Crippen LogP contribution in [0.5, 0.6) is 0 Å². The molecule has 0 amide bonds. The van der Waals surface area contributed by atoms with Crippen LogP contribution in [0.4, 0.5) is 0 Å². The van der Waals surface area contributed by atoms with Gasteiger partial charge < -0.3 is 14.9 Å². The second kappa shape index (κ2) is 24.2. The van der Waals surface area contributed by atoms with Crippen molar-refractivity contribution in [2.45, 2.75) is 65.0 Å². The molecule has 0 aromatic heterocycles. The van der Waals surface area contributed by atoms with Gasteiger partial charge in [-0.15, -0.1) is 0 Å². The second-order valence-electron chi connectivity index (χ2n) is 4.37. The van der Waals surface area contributed by atoms with Gasteiger partial charge in [0.05, 0.1) is 0 Å². The Morgan fingerprint density at radius 1 is 0.667 bits per heavy atom. The Morgan fingerprint density at radius 3 is 0.867 bits per heavy atom. The molecule has 0 N–H and O–H groups in total. The largest absolute Gasteiger partial charge is 2.00 e. The summed E-state index contributed by atoms with van der Waals surface area (Å²) in [6.45, 7) is 14.1. The van der Waals surface area contributed by atoms with Gasteiger partial charge in [0.2, 0.25) is 0 Å². The van der Waals surface area contributed by atoms with Gasteiger partial charge in [-0.05, 0) is 0 Å². The van der Waals surface area contributed by atoms with Crippen LogP contribution in [-0.4, -0.2) is 17.6 Å². The molecule has 0 aromatic rings. The fraction of sp³-hybridized carbons (Fsp3) is 0.833. The third-order valence-electron chi connectivity index (χ3n) is 1.73. The third kappa shape index (κ3) is 52.0. The van der Waals surface area contributed by atoms with Crippen LogP contribution in [0.25, 0.3) is 0 Å². The third-order valence-corrected chi connectivity index (χ3v) is 5.20. The van der Waals surface area contributed by atoms with E-state index in [1.54, 1.807) is 0 Å². The van der Waals surface area contributed by atoms with Crippen LogP contribution in [0.3, 0.4) is 0 Å². The molecule has 0 nitrogen and oxygen atoms in total. The first-order chi connectivity index (χ1) is 5.54. The van der Waals surface area contributed by atoms with E-state index in [2.05, 4.69) is 40.0 Å². The molecule has 0 aromatic carbocycles. The standard InChI is InChI=1S/2C5H14Si.2CH3.Ni/c2*1-4-5-6(2)3;;;/h2*6H,4-5H2,1-3H3;2*1H3;/q;;2*-1;+2. The minimum absolute atomic E-state index is 0. The summed E-state index contributed by atoms with van der Waals surface area (Å²) in [5.74, 6) is 0. The van der Waals surface area contributed by atoms with E-state index in [1.807, 2.05) is 0 Å². The minimum atomic E-state index is -0.171. The Bertz CT molecular complexity index is 66.0. The van der Waals surface area contributed by atoms with Crippen molar-refractivity contribution in [2.75, 3.05) is 0 Å². The quantitative estimate of drug-likeness (QED) is 0.522. The summed E-state index contributed by atoms with van der Waals surface area (Å²) in [4.78, 5) is 0. The van der Waals surface area contributed by atoms with Crippen LogP contribution < -0.4 is 0 Å². The Morgan fingerprint density at radius 2 is 0.867 bits per heavy atom. The van der Waals surface area contributed by atoms with Gasteiger partial charge in [-0.3, -0.25) is 0 Å². The molecule has 0 radical (unpaired) electrons. The molecular weight excluding hydrogens is 259 g/mol. The Kier molecular flexibility index (Phi) is 48.0. The number of rotatable bonds is 4. The summed E-state index contributed by atoms with van der Waals surface area (Å²) in [5, 5.41) is 0. The minimum Gasteiger partial charge on any atom is -0.358 e. The van der Waals surface area contributed by atoms with E-state index < -0.39 is 0 Å². The molecule has 0 saturated heterocycles. The van der Waals surface area contributed by atoms with Crippen LogP contribution >= 0.6 is 0 Å². The predicted molar refractivity (Wildman–Crippen MR) is 80.8 cm³/mol. The molecule has 0 spiro atoms. The molecule has 15 heavy (non-hydrogen) atoms. The maximum atomic E-state index is 2.39. The summed E-state index contributed by atoms with van der Waals surface area (Å²) in [6, 6.07) is 3.03. The Hall–Kier alpha value is 0.927. The van der Waals surface area contributed by atoms with Crippen LogP contribution in [0, 0.1) is 14.9 Å². The van der Waals surface area contributed by atoms with Gasteiger partial charge in [0, 0.05) is 17.6 Å². The van der Waals surface area contributed by atoms with Crippen LogP contribution in [0.1, 0.15) is 26.7 Å². The molecular formula is C12H34NiSi2. The smallest absolute Gasteiger partial charge is 0.358 e. The average molecular weight is 293 g/mol. The normalized spacial score (nSPS) is 8.00. The van der Waals surface area contributed by atoms with Crippen molar-refractivity contribution >= 4 is 17.6 Å². The summed E-state index contributed by atoms with van der Waals surface area (Å²) in [5.41, 5.74) is 0. The number of hydrogen-bond donors (Lipinski definition) is 0. The molecule has 0 aliphatic carbocycles.